The fraction of sp³-hybridized carbons (Fsp3) is 0.462. The zero-order valence-corrected chi connectivity index (χ0v) is 13.4. The lowest BCUT2D eigenvalue weighted by molar-refractivity contribution is -0.121. The van der Waals surface area contributed by atoms with Crippen LogP contribution in [0.4, 0.5) is 0 Å². The van der Waals surface area contributed by atoms with Crippen molar-refractivity contribution < 1.29 is 9.32 Å². The van der Waals surface area contributed by atoms with Gasteiger partial charge in [0, 0.05) is 36.4 Å². The molecule has 0 spiro atoms. The summed E-state index contributed by atoms with van der Waals surface area (Å²) in [6, 6.07) is 2.03. The van der Waals surface area contributed by atoms with Crippen molar-refractivity contribution in [1.29, 1.82) is 0 Å². The Labute approximate surface area is 133 Å². The predicted molar refractivity (Wildman–Crippen MR) is 84.5 cm³/mol. The summed E-state index contributed by atoms with van der Waals surface area (Å²) >= 11 is 1.58. The number of carbonyl (C=O) groups excluding carboxylic acids is 1. The summed E-state index contributed by atoms with van der Waals surface area (Å²) in [6.45, 7) is 2.51. The van der Waals surface area contributed by atoms with Gasteiger partial charge in [0.25, 0.3) is 0 Å². The Hall–Kier alpha value is -1.44. The minimum Gasteiger partial charge on any atom is -0.356 e. The van der Waals surface area contributed by atoms with Crippen LogP contribution in [0, 0.1) is 0 Å². The zero-order chi connectivity index (χ0) is 14.4. The van der Waals surface area contributed by atoms with Gasteiger partial charge in [-0.25, -0.2) is 0 Å². The van der Waals surface area contributed by atoms with Gasteiger partial charge in [-0.1, -0.05) is 5.16 Å². The summed E-state index contributed by atoms with van der Waals surface area (Å²) in [4.78, 5) is 15.9. The highest BCUT2D eigenvalue weighted by molar-refractivity contribution is 7.08. The topological polar surface area (TPSA) is 94.0 Å². The van der Waals surface area contributed by atoms with Gasteiger partial charge in [0.2, 0.25) is 17.6 Å². The van der Waals surface area contributed by atoms with E-state index >= 15 is 0 Å². The quantitative estimate of drug-likeness (QED) is 0.809. The molecule has 2 heterocycles. The summed E-state index contributed by atoms with van der Waals surface area (Å²) in [6.07, 6.45) is 1.56. The SMILES string of the molecule is CC(N)CCNC(=O)CCc1nc(-c2ccsc2)no1.Cl. The maximum absolute atomic E-state index is 11.6. The summed E-state index contributed by atoms with van der Waals surface area (Å²) < 4.78 is 5.13. The van der Waals surface area contributed by atoms with Gasteiger partial charge in [-0.05, 0) is 24.8 Å². The number of nitrogens with two attached hydrogens (primary N) is 1. The molecule has 0 bridgehead atoms. The molecule has 2 aromatic rings. The van der Waals surface area contributed by atoms with Gasteiger partial charge in [0.1, 0.15) is 0 Å². The number of rotatable bonds is 7. The molecule has 0 aliphatic rings. The Balaban J connectivity index is 0.00000220. The smallest absolute Gasteiger partial charge is 0.227 e. The molecule has 1 amide bonds. The second-order valence-electron chi connectivity index (χ2n) is 4.64. The van der Waals surface area contributed by atoms with Crippen molar-refractivity contribution in [3.63, 3.8) is 0 Å². The molecule has 1 unspecified atom stereocenters. The number of amides is 1. The minimum atomic E-state index is -0.0269. The highest BCUT2D eigenvalue weighted by Gasteiger charge is 2.10. The van der Waals surface area contributed by atoms with Crippen LogP contribution >= 0.6 is 23.7 Å². The van der Waals surface area contributed by atoms with Crippen LogP contribution in [0.5, 0.6) is 0 Å². The van der Waals surface area contributed by atoms with E-state index in [9.17, 15) is 4.79 Å². The normalized spacial score (nSPS) is 11.7. The van der Waals surface area contributed by atoms with E-state index in [1.54, 1.807) is 11.3 Å². The van der Waals surface area contributed by atoms with Crippen molar-refractivity contribution in [3.8, 4) is 11.4 Å². The number of thiophene rings is 1. The van der Waals surface area contributed by atoms with Crippen molar-refractivity contribution in [1.82, 2.24) is 15.5 Å². The second kappa shape index (κ2) is 8.76. The summed E-state index contributed by atoms with van der Waals surface area (Å²) in [7, 11) is 0. The van der Waals surface area contributed by atoms with Crippen molar-refractivity contribution in [2.24, 2.45) is 5.73 Å². The standard InChI is InChI=1S/C13H18N4O2S.ClH/c1-9(14)4-6-15-11(18)2-3-12-16-13(17-19-12)10-5-7-20-8-10;/h5,7-9H,2-4,6,14H2,1H3,(H,15,18);1H. The molecular formula is C13H19ClN4O2S. The van der Waals surface area contributed by atoms with E-state index in [0.29, 0.717) is 31.1 Å². The first-order chi connectivity index (χ1) is 9.65. The van der Waals surface area contributed by atoms with Gasteiger partial charge in [-0.3, -0.25) is 4.79 Å². The first-order valence-electron chi connectivity index (χ1n) is 6.52. The largest absolute Gasteiger partial charge is 0.356 e. The Bertz CT molecular complexity index is 542. The number of carbonyl (C=O) groups is 1. The molecule has 1 atom stereocenters. The predicted octanol–water partition coefficient (Wildman–Crippen LogP) is 2.01. The molecule has 6 nitrogen and oxygen atoms in total. The first-order valence-corrected chi connectivity index (χ1v) is 7.47. The van der Waals surface area contributed by atoms with Gasteiger partial charge in [-0.2, -0.15) is 16.3 Å². The fourth-order valence-corrected chi connectivity index (χ4v) is 2.25. The number of nitrogens with one attached hydrogen (secondary N) is 1. The molecule has 0 radical (unpaired) electrons. The molecule has 3 N–H and O–H groups in total. The molecule has 0 saturated heterocycles. The average molecular weight is 331 g/mol. The van der Waals surface area contributed by atoms with Crippen LogP contribution in [0.3, 0.4) is 0 Å². The van der Waals surface area contributed by atoms with Gasteiger partial charge in [0.15, 0.2) is 0 Å². The maximum atomic E-state index is 11.6. The third-order valence-corrected chi connectivity index (χ3v) is 3.42. The highest BCUT2D eigenvalue weighted by Crippen LogP contribution is 2.18. The van der Waals surface area contributed by atoms with Crippen molar-refractivity contribution >= 4 is 29.7 Å². The van der Waals surface area contributed by atoms with Crippen LogP contribution in [0.25, 0.3) is 11.4 Å². The van der Waals surface area contributed by atoms with E-state index in [1.165, 1.54) is 0 Å². The molecule has 0 aliphatic carbocycles. The average Bonchev–Trinajstić information content (AvgIpc) is 3.06. The van der Waals surface area contributed by atoms with Crippen molar-refractivity contribution in [2.75, 3.05) is 6.54 Å². The molecule has 0 saturated carbocycles. The summed E-state index contributed by atoms with van der Waals surface area (Å²) in [5.74, 6) is 1.02. The zero-order valence-electron chi connectivity index (χ0n) is 11.7. The first kappa shape index (κ1) is 17.6. The van der Waals surface area contributed by atoms with Gasteiger partial charge in [-0.15, -0.1) is 12.4 Å². The van der Waals surface area contributed by atoms with Crippen molar-refractivity contribution in [3.05, 3.63) is 22.7 Å². The van der Waals surface area contributed by atoms with Gasteiger partial charge >= 0.3 is 0 Å². The van der Waals surface area contributed by atoms with Gasteiger partial charge in [0.05, 0.1) is 0 Å². The molecule has 2 aromatic heterocycles. The Morgan fingerprint density at radius 2 is 2.38 bits per heavy atom. The van der Waals surface area contributed by atoms with Crippen molar-refractivity contribution in [2.45, 2.75) is 32.2 Å². The lowest BCUT2D eigenvalue weighted by atomic mass is 10.2. The van der Waals surface area contributed by atoms with E-state index in [0.717, 1.165) is 12.0 Å². The Kier molecular flexibility index (Phi) is 7.35. The third kappa shape index (κ3) is 5.82. The molecule has 21 heavy (non-hydrogen) atoms. The van der Waals surface area contributed by atoms with E-state index < -0.39 is 0 Å². The molecule has 116 valence electrons. The number of aromatic nitrogens is 2. The van der Waals surface area contributed by atoms with E-state index in [-0.39, 0.29) is 24.4 Å². The van der Waals surface area contributed by atoms with Crippen LogP contribution in [0.1, 0.15) is 25.7 Å². The molecule has 0 aromatic carbocycles. The van der Waals surface area contributed by atoms with E-state index in [2.05, 4.69) is 15.5 Å². The highest BCUT2D eigenvalue weighted by atomic mass is 35.5. The minimum absolute atomic E-state index is 0. The number of hydrogen-bond acceptors (Lipinski definition) is 6. The third-order valence-electron chi connectivity index (χ3n) is 2.74. The van der Waals surface area contributed by atoms with E-state index in [4.69, 9.17) is 10.3 Å². The van der Waals surface area contributed by atoms with E-state index in [1.807, 2.05) is 23.8 Å². The molecule has 0 aliphatic heterocycles. The van der Waals surface area contributed by atoms with Crippen LogP contribution in [-0.2, 0) is 11.2 Å². The van der Waals surface area contributed by atoms with Gasteiger partial charge < -0.3 is 15.6 Å². The molecular weight excluding hydrogens is 312 g/mol. The Morgan fingerprint density at radius 1 is 1.57 bits per heavy atom. The fourth-order valence-electron chi connectivity index (χ4n) is 1.61. The van der Waals surface area contributed by atoms with Crippen LogP contribution in [0.15, 0.2) is 21.3 Å². The number of aryl methyl sites for hydroxylation is 1. The summed E-state index contributed by atoms with van der Waals surface area (Å²) in [5, 5.41) is 10.6. The second-order valence-corrected chi connectivity index (χ2v) is 5.42. The lowest BCUT2D eigenvalue weighted by Gasteiger charge is -2.06. The number of hydrogen-bond donors (Lipinski definition) is 2. The monoisotopic (exact) mass is 330 g/mol. The molecule has 2 rings (SSSR count). The van der Waals surface area contributed by atoms with Crippen LogP contribution in [-0.4, -0.2) is 28.6 Å². The summed E-state index contributed by atoms with van der Waals surface area (Å²) in [5.41, 5.74) is 6.55. The maximum Gasteiger partial charge on any atom is 0.227 e. The van der Waals surface area contributed by atoms with Crippen LogP contribution < -0.4 is 11.1 Å². The Morgan fingerprint density at radius 3 is 3.05 bits per heavy atom. The molecule has 8 heteroatoms. The van der Waals surface area contributed by atoms with Crippen LogP contribution in [0.2, 0.25) is 0 Å². The lowest BCUT2D eigenvalue weighted by Crippen LogP contribution is -2.29. The molecule has 0 fully saturated rings. The number of halogens is 1. The number of nitrogens with zero attached hydrogens (tertiary/aromatic N) is 2.